The van der Waals surface area contributed by atoms with Gasteiger partial charge in [0.1, 0.15) is 18.7 Å². The largest absolute Gasteiger partial charge is 0.480 e. The van der Waals surface area contributed by atoms with Crippen molar-refractivity contribution in [2.24, 2.45) is 0 Å². The van der Waals surface area contributed by atoms with Crippen LogP contribution in [0.4, 0.5) is 4.79 Å². The molecule has 2 atom stereocenters. The fourth-order valence-electron chi connectivity index (χ4n) is 1.88. The molecule has 1 rings (SSSR count). The van der Waals surface area contributed by atoms with Crippen LogP contribution in [-0.2, 0) is 25.7 Å². The van der Waals surface area contributed by atoms with Crippen molar-refractivity contribution in [3.63, 3.8) is 0 Å². The smallest absolute Gasteiger partial charge is 0.408 e. The van der Waals surface area contributed by atoms with E-state index in [-0.39, 0.29) is 13.2 Å². The zero-order valence-electron chi connectivity index (χ0n) is 15.6. The van der Waals surface area contributed by atoms with Crippen molar-refractivity contribution in [2.45, 2.75) is 45.1 Å². The number of nitrogens with one attached hydrogen (secondary N) is 2. The highest BCUT2D eigenvalue weighted by Crippen LogP contribution is 2.08. The Morgan fingerprint density at radius 2 is 1.70 bits per heavy atom. The summed E-state index contributed by atoms with van der Waals surface area (Å²) in [7, 11) is 0. The minimum absolute atomic E-state index is 0.00946. The van der Waals surface area contributed by atoms with Gasteiger partial charge in [0.2, 0.25) is 5.91 Å². The van der Waals surface area contributed by atoms with Gasteiger partial charge in [-0.25, -0.2) is 9.59 Å². The van der Waals surface area contributed by atoms with Crippen molar-refractivity contribution >= 4 is 18.0 Å². The number of hydrogen-bond acceptors (Lipinski definition) is 6. The summed E-state index contributed by atoms with van der Waals surface area (Å²) < 4.78 is 10.6. The summed E-state index contributed by atoms with van der Waals surface area (Å²) in [6.07, 6.45) is -0.854. The monoisotopic (exact) mass is 382 g/mol. The van der Waals surface area contributed by atoms with Gasteiger partial charge in [-0.05, 0) is 26.3 Å². The summed E-state index contributed by atoms with van der Waals surface area (Å²) in [6.45, 7) is 4.33. The van der Waals surface area contributed by atoms with Gasteiger partial charge < -0.3 is 30.3 Å². The zero-order valence-corrected chi connectivity index (χ0v) is 15.6. The molecule has 0 bridgehead atoms. The van der Waals surface area contributed by atoms with Crippen molar-refractivity contribution in [3.05, 3.63) is 35.9 Å². The van der Waals surface area contributed by atoms with Gasteiger partial charge >= 0.3 is 12.1 Å². The van der Waals surface area contributed by atoms with Gasteiger partial charge in [0, 0.05) is 0 Å². The number of carbonyl (C=O) groups excluding carboxylic acids is 2. The third-order valence-electron chi connectivity index (χ3n) is 3.30. The lowest BCUT2D eigenvalue weighted by Crippen LogP contribution is -2.55. The van der Waals surface area contributed by atoms with Crippen LogP contribution in [0, 0.1) is 0 Å². The van der Waals surface area contributed by atoms with E-state index in [0.29, 0.717) is 0 Å². The van der Waals surface area contributed by atoms with E-state index in [9.17, 15) is 14.4 Å². The number of carboxylic acids is 1. The predicted octanol–water partition coefficient (Wildman–Crippen LogP) is 0.658. The van der Waals surface area contributed by atoms with Crippen molar-refractivity contribution in [3.8, 4) is 0 Å². The zero-order chi connectivity index (χ0) is 20.4. The molecule has 0 aliphatic carbocycles. The van der Waals surface area contributed by atoms with Crippen LogP contribution in [0.3, 0.4) is 0 Å². The molecule has 150 valence electrons. The van der Waals surface area contributed by atoms with Crippen molar-refractivity contribution in [1.29, 1.82) is 0 Å². The van der Waals surface area contributed by atoms with Crippen LogP contribution in [0.25, 0.3) is 0 Å². The summed E-state index contributed by atoms with van der Waals surface area (Å²) in [5.41, 5.74) is 0.183. The Labute approximate surface area is 157 Å². The minimum Gasteiger partial charge on any atom is -0.480 e. The molecule has 0 fully saturated rings. The fraction of sp³-hybridized carbons (Fsp3) is 0.500. The van der Waals surface area contributed by atoms with E-state index in [4.69, 9.17) is 19.7 Å². The summed E-state index contributed by atoms with van der Waals surface area (Å²) in [6, 6.07) is 6.29. The van der Waals surface area contributed by atoms with Crippen molar-refractivity contribution in [1.82, 2.24) is 10.6 Å². The first-order valence-corrected chi connectivity index (χ1v) is 8.37. The first-order valence-electron chi connectivity index (χ1n) is 8.37. The van der Waals surface area contributed by atoms with Crippen molar-refractivity contribution in [2.75, 3.05) is 13.2 Å². The fourth-order valence-corrected chi connectivity index (χ4v) is 1.88. The molecule has 0 unspecified atom stereocenters. The number of rotatable bonds is 9. The van der Waals surface area contributed by atoms with E-state index in [1.807, 2.05) is 6.07 Å². The Bertz CT molecular complexity index is 628. The first kappa shape index (κ1) is 22.4. The summed E-state index contributed by atoms with van der Waals surface area (Å²) >= 11 is 0. The molecule has 0 heterocycles. The lowest BCUT2D eigenvalue weighted by Gasteiger charge is -2.25. The molecular formula is C18H26N2O7. The molecule has 0 aliphatic heterocycles. The minimum atomic E-state index is -1.49. The average molecular weight is 382 g/mol. The Morgan fingerprint density at radius 1 is 1.07 bits per heavy atom. The molecule has 1 aromatic rings. The van der Waals surface area contributed by atoms with E-state index in [1.54, 1.807) is 45.0 Å². The third kappa shape index (κ3) is 9.02. The van der Waals surface area contributed by atoms with Crippen LogP contribution in [0.15, 0.2) is 30.3 Å². The molecule has 9 heteroatoms. The van der Waals surface area contributed by atoms with E-state index < -0.39 is 42.3 Å². The molecule has 2 amide bonds. The highest BCUT2D eigenvalue weighted by molar-refractivity contribution is 5.89. The predicted molar refractivity (Wildman–Crippen MR) is 95.9 cm³/mol. The third-order valence-corrected chi connectivity index (χ3v) is 3.30. The summed E-state index contributed by atoms with van der Waals surface area (Å²) in [5.74, 6) is -2.20. The number of hydrogen-bond donors (Lipinski definition) is 4. The number of amides is 2. The SMILES string of the molecule is CC(C)(C)OC[C@H](NC(=O)OCc1ccccc1)C(=O)N[C@@H](CO)C(=O)O. The highest BCUT2D eigenvalue weighted by atomic mass is 16.5. The molecule has 0 aliphatic rings. The number of aliphatic carboxylic acids is 1. The van der Waals surface area contributed by atoms with Crippen LogP contribution in [0.1, 0.15) is 26.3 Å². The summed E-state index contributed by atoms with van der Waals surface area (Å²) in [5, 5.41) is 22.5. The number of ether oxygens (including phenoxy) is 2. The van der Waals surface area contributed by atoms with Gasteiger partial charge in [0.15, 0.2) is 0 Å². The summed E-state index contributed by atoms with van der Waals surface area (Å²) in [4.78, 5) is 35.3. The number of carbonyl (C=O) groups is 3. The van der Waals surface area contributed by atoms with E-state index in [0.717, 1.165) is 5.56 Å². The maximum Gasteiger partial charge on any atom is 0.408 e. The topological polar surface area (TPSA) is 134 Å². The van der Waals surface area contributed by atoms with Gasteiger partial charge in [-0.1, -0.05) is 30.3 Å². The number of carboxylic acid groups (broad SMARTS) is 1. The second-order valence-corrected chi connectivity index (χ2v) is 6.76. The van der Waals surface area contributed by atoms with Gasteiger partial charge in [-0.2, -0.15) is 0 Å². The number of benzene rings is 1. The Hall–Kier alpha value is -2.65. The quantitative estimate of drug-likeness (QED) is 0.493. The second kappa shape index (κ2) is 10.5. The van der Waals surface area contributed by atoms with E-state index in [1.165, 1.54) is 0 Å². The number of alkyl carbamates (subject to hydrolysis) is 1. The van der Waals surface area contributed by atoms with Gasteiger partial charge in [0.25, 0.3) is 0 Å². The normalized spacial score (nSPS) is 13.3. The van der Waals surface area contributed by atoms with Crippen LogP contribution >= 0.6 is 0 Å². The Kier molecular flexibility index (Phi) is 8.70. The van der Waals surface area contributed by atoms with Crippen LogP contribution in [0.5, 0.6) is 0 Å². The van der Waals surface area contributed by atoms with Gasteiger partial charge in [-0.15, -0.1) is 0 Å². The Balaban J connectivity index is 2.70. The molecule has 0 spiro atoms. The molecule has 27 heavy (non-hydrogen) atoms. The molecule has 0 radical (unpaired) electrons. The van der Waals surface area contributed by atoms with Gasteiger partial charge in [-0.3, -0.25) is 4.79 Å². The molecule has 0 saturated carbocycles. The van der Waals surface area contributed by atoms with Crippen LogP contribution in [-0.4, -0.2) is 59.1 Å². The molecule has 0 aromatic heterocycles. The number of aliphatic hydroxyl groups is 1. The Morgan fingerprint density at radius 3 is 2.22 bits per heavy atom. The highest BCUT2D eigenvalue weighted by Gasteiger charge is 2.28. The molecule has 9 nitrogen and oxygen atoms in total. The standard InChI is InChI=1S/C18H26N2O7/c1-18(2,3)27-11-14(15(22)19-13(9-21)16(23)24)20-17(25)26-10-12-7-5-4-6-8-12/h4-8,13-14,21H,9-11H2,1-3H3,(H,19,22)(H,20,25)(H,23,24)/t13-,14-/m0/s1. The van der Waals surface area contributed by atoms with Crippen molar-refractivity contribution < 1.29 is 34.1 Å². The van der Waals surface area contributed by atoms with Gasteiger partial charge in [0.05, 0.1) is 18.8 Å². The second-order valence-electron chi connectivity index (χ2n) is 6.76. The molecule has 1 aromatic carbocycles. The molecule has 4 N–H and O–H groups in total. The maximum atomic E-state index is 12.3. The lowest BCUT2D eigenvalue weighted by atomic mass is 10.2. The maximum absolute atomic E-state index is 12.3. The van der Waals surface area contributed by atoms with E-state index in [2.05, 4.69) is 10.6 Å². The van der Waals surface area contributed by atoms with Crippen LogP contribution < -0.4 is 10.6 Å². The number of aliphatic hydroxyl groups excluding tert-OH is 1. The van der Waals surface area contributed by atoms with Crippen LogP contribution in [0.2, 0.25) is 0 Å². The average Bonchev–Trinajstić information content (AvgIpc) is 2.61. The lowest BCUT2D eigenvalue weighted by molar-refractivity contribution is -0.143. The molecular weight excluding hydrogens is 356 g/mol. The first-order chi connectivity index (χ1) is 12.6. The molecule has 0 saturated heterocycles. The van der Waals surface area contributed by atoms with E-state index >= 15 is 0 Å².